The van der Waals surface area contributed by atoms with Gasteiger partial charge in [-0.25, -0.2) is 0 Å². The number of hydrogen-bond donors (Lipinski definition) is 2. The zero-order valence-electron chi connectivity index (χ0n) is 12.5. The van der Waals surface area contributed by atoms with E-state index in [0.717, 1.165) is 24.1 Å². The standard InChI is InChI=1S/C16H24N2O3/c1-12(7-8-17)5-6-15(19)18-14-4-2-3-13(11-14)16-20-9-10-21-16/h2-4,11-12,16H,5-10,17H2,1H3,(H,18,19). The van der Waals surface area contributed by atoms with Crippen molar-refractivity contribution >= 4 is 11.6 Å². The summed E-state index contributed by atoms with van der Waals surface area (Å²) in [6, 6.07) is 7.61. The number of anilines is 1. The zero-order chi connectivity index (χ0) is 15.1. The number of ether oxygens (including phenoxy) is 2. The Morgan fingerprint density at radius 3 is 2.86 bits per heavy atom. The molecule has 5 heteroatoms. The third-order valence-corrected chi connectivity index (χ3v) is 3.59. The number of amides is 1. The minimum Gasteiger partial charge on any atom is -0.346 e. The van der Waals surface area contributed by atoms with Gasteiger partial charge in [0.1, 0.15) is 0 Å². The van der Waals surface area contributed by atoms with Crippen molar-refractivity contribution in [3.8, 4) is 0 Å². The van der Waals surface area contributed by atoms with Gasteiger partial charge >= 0.3 is 0 Å². The number of hydrogen-bond acceptors (Lipinski definition) is 4. The third-order valence-electron chi connectivity index (χ3n) is 3.59. The van der Waals surface area contributed by atoms with Crippen LogP contribution in [0.2, 0.25) is 0 Å². The molecule has 0 aliphatic carbocycles. The average Bonchev–Trinajstić information content (AvgIpc) is 3.00. The Kier molecular flexibility index (Phi) is 6.17. The second-order valence-corrected chi connectivity index (χ2v) is 5.47. The third kappa shape index (κ3) is 5.12. The van der Waals surface area contributed by atoms with Gasteiger partial charge in [0.25, 0.3) is 0 Å². The van der Waals surface area contributed by atoms with Crippen LogP contribution < -0.4 is 11.1 Å². The highest BCUT2D eigenvalue weighted by molar-refractivity contribution is 5.90. The van der Waals surface area contributed by atoms with Crippen molar-refractivity contribution in [3.63, 3.8) is 0 Å². The fourth-order valence-corrected chi connectivity index (χ4v) is 2.34. The first-order valence-electron chi connectivity index (χ1n) is 7.52. The molecule has 1 fully saturated rings. The summed E-state index contributed by atoms with van der Waals surface area (Å²) >= 11 is 0. The van der Waals surface area contributed by atoms with Crippen LogP contribution in [0, 0.1) is 5.92 Å². The molecule has 1 heterocycles. The molecule has 0 spiro atoms. The Labute approximate surface area is 125 Å². The summed E-state index contributed by atoms with van der Waals surface area (Å²) in [7, 11) is 0. The van der Waals surface area contributed by atoms with Crippen molar-refractivity contribution < 1.29 is 14.3 Å². The summed E-state index contributed by atoms with van der Waals surface area (Å²) in [4.78, 5) is 11.9. The van der Waals surface area contributed by atoms with Gasteiger partial charge in [-0.15, -0.1) is 0 Å². The first-order chi connectivity index (χ1) is 10.2. The van der Waals surface area contributed by atoms with E-state index in [1.54, 1.807) is 0 Å². The predicted octanol–water partition coefficient (Wildman–Crippen LogP) is 2.44. The van der Waals surface area contributed by atoms with Crippen LogP contribution in [0.5, 0.6) is 0 Å². The highest BCUT2D eigenvalue weighted by Crippen LogP contribution is 2.25. The smallest absolute Gasteiger partial charge is 0.224 e. The van der Waals surface area contributed by atoms with Gasteiger partial charge in [0.05, 0.1) is 13.2 Å². The molecule has 116 valence electrons. The molecule has 0 bridgehead atoms. The van der Waals surface area contributed by atoms with Crippen LogP contribution >= 0.6 is 0 Å². The summed E-state index contributed by atoms with van der Waals surface area (Å²) in [6.07, 6.45) is 2.02. The summed E-state index contributed by atoms with van der Waals surface area (Å²) in [6.45, 7) is 4.02. The maximum Gasteiger partial charge on any atom is 0.224 e. The fraction of sp³-hybridized carbons (Fsp3) is 0.562. The molecule has 0 saturated carbocycles. The Hall–Kier alpha value is -1.43. The number of carbonyl (C=O) groups is 1. The van der Waals surface area contributed by atoms with E-state index in [0.29, 0.717) is 32.1 Å². The molecule has 1 unspecified atom stereocenters. The Morgan fingerprint density at radius 1 is 1.38 bits per heavy atom. The molecule has 21 heavy (non-hydrogen) atoms. The quantitative estimate of drug-likeness (QED) is 0.809. The number of rotatable bonds is 7. The van der Waals surface area contributed by atoms with Gasteiger partial charge in [-0.3, -0.25) is 4.79 Å². The minimum atomic E-state index is -0.313. The van der Waals surface area contributed by atoms with Gasteiger partial charge in [0.2, 0.25) is 5.91 Å². The number of nitrogens with one attached hydrogen (secondary N) is 1. The maximum absolute atomic E-state index is 11.9. The lowest BCUT2D eigenvalue weighted by Gasteiger charge is -2.12. The lowest BCUT2D eigenvalue weighted by Crippen LogP contribution is -2.14. The predicted molar refractivity (Wildman–Crippen MR) is 81.8 cm³/mol. The van der Waals surface area contributed by atoms with E-state index < -0.39 is 0 Å². The maximum atomic E-state index is 11.9. The number of benzene rings is 1. The lowest BCUT2D eigenvalue weighted by molar-refractivity contribution is -0.116. The SMILES string of the molecule is CC(CCN)CCC(=O)Nc1cccc(C2OCCO2)c1. The van der Waals surface area contributed by atoms with Gasteiger partial charge in [-0.05, 0) is 37.4 Å². The molecule has 0 radical (unpaired) electrons. The van der Waals surface area contributed by atoms with Crippen LogP contribution in [0.25, 0.3) is 0 Å². The second-order valence-electron chi connectivity index (χ2n) is 5.47. The lowest BCUT2D eigenvalue weighted by atomic mass is 10.0. The monoisotopic (exact) mass is 292 g/mol. The molecule has 1 aromatic rings. The van der Waals surface area contributed by atoms with Crippen molar-refractivity contribution in [1.82, 2.24) is 0 Å². The molecule has 3 N–H and O–H groups in total. The minimum absolute atomic E-state index is 0.0317. The van der Waals surface area contributed by atoms with Crippen molar-refractivity contribution in [1.29, 1.82) is 0 Å². The van der Waals surface area contributed by atoms with Gasteiger partial charge < -0.3 is 20.5 Å². The van der Waals surface area contributed by atoms with Crippen LogP contribution in [-0.4, -0.2) is 25.7 Å². The highest BCUT2D eigenvalue weighted by atomic mass is 16.7. The molecule has 1 atom stereocenters. The molecular formula is C16H24N2O3. The Morgan fingerprint density at radius 2 is 2.14 bits per heavy atom. The van der Waals surface area contributed by atoms with E-state index in [4.69, 9.17) is 15.2 Å². The highest BCUT2D eigenvalue weighted by Gasteiger charge is 2.18. The molecule has 1 aliphatic heterocycles. The van der Waals surface area contributed by atoms with Crippen LogP contribution in [0.3, 0.4) is 0 Å². The van der Waals surface area contributed by atoms with Crippen molar-refractivity contribution in [2.24, 2.45) is 11.7 Å². The Balaban J connectivity index is 1.84. The zero-order valence-corrected chi connectivity index (χ0v) is 12.5. The molecule has 1 aliphatic rings. The second kappa shape index (κ2) is 8.12. The molecule has 1 aromatic carbocycles. The fourth-order valence-electron chi connectivity index (χ4n) is 2.34. The van der Waals surface area contributed by atoms with E-state index in [2.05, 4.69) is 12.2 Å². The van der Waals surface area contributed by atoms with Crippen LogP contribution in [0.4, 0.5) is 5.69 Å². The van der Waals surface area contributed by atoms with Gasteiger partial charge in [-0.2, -0.15) is 0 Å². The van der Waals surface area contributed by atoms with E-state index >= 15 is 0 Å². The molecule has 1 amide bonds. The average molecular weight is 292 g/mol. The molecular weight excluding hydrogens is 268 g/mol. The van der Waals surface area contributed by atoms with Gasteiger partial charge in [-0.1, -0.05) is 19.1 Å². The topological polar surface area (TPSA) is 73.6 Å². The van der Waals surface area contributed by atoms with Crippen molar-refractivity contribution in [3.05, 3.63) is 29.8 Å². The molecule has 0 aromatic heterocycles. The number of carbonyl (C=O) groups excluding carboxylic acids is 1. The van der Waals surface area contributed by atoms with E-state index in [9.17, 15) is 4.79 Å². The Bertz CT molecular complexity index is 459. The summed E-state index contributed by atoms with van der Waals surface area (Å²) in [5.74, 6) is 0.511. The normalized spacial score (nSPS) is 16.9. The summed E-state index contributed by atoms with van der Waals surface area (Å²) in [5, 5.41) is 2.92. The van der Waals surface area contributed by atoms with Crippen molar-refractivity contribution in [2.45, 2.75) is 32.5 Å². The van der Waals surface area contributed by atoms with Crippen LogP contribution in [-0.2, 0) is 14.3 Å². The largest absolute Gasteiger partial charge is 0.346 e. The first kappa shape index (κ1) is 15.9. The molecule has 2 rings (SSSR count). The number of nitrogens with two attached hydrogens (primary N) is 1. The van der Waals surface area contributed by atoms with Crippen molar-refractivity contribution in [2.75, 3.05) is 25.1 Å². The molecule has 5 nitrogen and oxygen atoms in total. The summed E-state index contributed by atoms with van der Waals surface area (Å²) in [5.41, 5.74) is 7.22. The van der Waals surface area contributed by atoms with E-state index in [1.807, 2.05) is 24.3 Å². The van der Waals surface area contributed by atoms with Crippen LogP contribution in [0.15, 0.2) is 24.3 Å². The van der Waals surface area contributed by atoms with Crippen LogP contribution in [0.1, 0.15) is 38.0 Å². The summed E-state index contributed by atoms with van der Waals surface area (Å²) < 4.78 is 10.9. The van der Waals surface area contributed by atoms with Gasteiger partial charge in [0, 0.05) is 17.7 Å². The first-order valence-corrected chi connectivity index (χ1v) is 7.52. The molecule has 1 saturated heterocycles. The van der Waals surface area contributed by atoms with E-state index in [-0.39, 0.29) is 12.2 Å². The van der Waals surface area contributed by atoms with E-state index in [1.165, 1.54) is 0 Å². The van der Waals surface area contributed by atoms with Gasteiger partial charge in [0.15, 0.2) is 6.29 Å².